The summed E-state index contributed by atoms with van der Waals surface area (Å²) in [6, 6.07) is 7.99. The van der Waals surface area contributed by atoms with Gasteiger partial charge < -0.3 is 19.7 Å². The van der Waals surface area contributed by atoms with Gasteiger partial charge >= 0.3 is 0 Å². The molecule has 1 aromatic heterocycles. The van der Waals surface area contributed by atoms with E-state index < -0.39 is 0 Å². The van der Waals surface area contributed by atoms with Crippen LogP contribution in [0, 0.1) is 6.92 Å². The molecule has 27 heavy (non-hydrogen) atoms. The molecule has 0 fully saturated rings. The average molecular weight is 390 g/mol. The van der Waals surface area contributed by atoms with Crippen LogP contribution < -0.4 is 14.8 Å². The van der Waals surface area contributed by atoms with E-state index in [1.165, 1.54) is 10.4 Å². The lowest BCUT2D eigenvalue weighted by Crippen LogP contribution is -2.86. The first-order valence-corrected chi connectivity index (χ1v) is 9.91. The van der Waals surface area contributed by atoms with Crippen LogP contribution in [-0.2, 0) is 17.8 Å². The Morgan fingerprint density at radius 1 is 1.26 bits per heavy atom. The van der Waals surface area contributed by atoms with Crippen LogP contribution >= 0.6 is 11.3 Å². The van der Waals surface area contributed by atoms with Crippen molar-refractivity contribution in [3.05, 3.63) is 58.3 Å². The molecule has 0 spiro atoms. The molecule has 6 heteroatoms. The highest BCUT2D eigenvalue weighted by Gasteiger charge is 2.17. The normalized spacial score (nSPS) is 10.5. The number of quaternary nitrogens is 1. The SMILES string of the molecule is C=CC[NH2+]CC(=O)N(CCc1ccc(OC)c(OC)c1)Cc1sccc1C. The molecule has 5 nitrogen and oxygen atoms in total. The van der Waals surface area contributed by atoms with Crippen LogP contribution in [0.5, 0.6) is 11.5 Å². The van der Waals surface area contributed by atoms with E-state index in [0.29, 0.717) is 31.1 Å². The molecule has 1 amide bonds. The van der Waals surface area contributed by atoms with E-state index in [0.717, 1.165) is 18.5 Å². The molecule has 2 aromatic rings. The third-order valence-corrected chi connectivity index (χ3v) is 5.43. The van der Waals surface area contributed by atoms with Crippen LogP contribution in [0.2, 0.25) is 0 Å². The lowest BCUT2D eigenvalue weighted by atomic mass is 10.1. The van der Waals surface area contributed by atoms with E-state index >= 15 is 0 Å². The first-order valence-electron chi connectivity index (χ1n) is 9.03. The van der Waals surface area contributed by atoms with Crippen molar-refractivity contribution in [3.63, 3.8) is 0 Å². The number of carbonyl (C=O) groups is 1. The molecule has 146 valence electrons. The molecule has 0 aliphatic heterocycles. The molecule has 0 bridgehead atoms. The number of hydrogen-bond donors (Lipinski definition) is 1. The molecule has 0 aliphatic carbocycles. The van der Waals surface area contributed by atoms with E-state index in [4.69, 9.17) is 9.47 Å². The van der Waals surface area contributed by atoms with Gasteiger partial charge in [0.1, 0.15) is 0 Å². The fraction of sp³-hybridized carbons (Fsp3) is 0.381. The van der Waals surface area contributed by atoms with Crippen molar-refractivity contribution in [1.82, 2.24) is 4.90 Å². The summed E-state index contributed by atoms with van der Waals surface area (Å²) in [6.07, 6.45) is 2.57. The van der Waals surface area contributed by atoms with Gasteiger partial charge in [-0.05, 0) is 54.1 Å². The summed E-state index contributed by atoms with van der Waals surface area (Å²) in [5.41, 5.74) is 2.35. The number of thiophene rings is 1. The monoisotopic (exact) mass is 389 g/mol. The summed E-state index contributed by atoms with van der Waals surface area (Å²) in [5.74, 6) is 1.56. The maximum absolute atomic E-state index is 12.7. The van der Waals surface area contributed by atoms with Crippen LogP contribution in [0.3, 0.4) is 0 Å². The number of amides is 1. The summed E-state index contributed by atoms with van der Waals surface area (Å²) in [7, 11) is 3.26. The summed E-state index contributed by atoms with van der Waals surface area (Å²) >= 11 is 1.70. The molecule has 0 saturated heterocycles. The lowest BCUT2D eigenvalue weighted by molar-refractivity contribution is -0.635. The van der Waals surface area contributed by atoms with Crippen LogP contribution in [0.15, 0.2) is 42.3 Å². The molecule has 1 aromatic carbocycles. The molecule has 2 N–H and O–H groups in total. The van der Waals surface area contributed by atoms with Crippen molar-refractivity contribution in [2.45, 2.75) is 19.9 Å². The second-order valence-corrected chi connectivity index (χ2v) is 7.30. The maximum Gasteiger partial charge on any atom is 0.278 e. The zero-order valence-corrected chi connectivity index (χ0v) is 17.2. The lowest BCUT2D eigenvalue weighted by Gasteiger charge is -2.22. The highest BCUT2D eigenvalue weighted by atomic mass is 32.1. The quantitative estimate of drug-likeness (QED) is 0.474. The van der Waals surface area contributed by atoms with Gasteiger partial charge in [-0.2, -0.15) is 0 Å². The molecule has 2 rings (SSSR count). The van der Waals surface area contributed by atoms with Crippen LogP contribution in [0.1, 0.15) is 16.0 Å². The van der Waals surface area contributed by atoms with Crippen molar-refractivity contribution in [3.8, 4) is 11.5 Å². The highest BCUT2D eigenvalue weighted by Crippen LogP contribution is 2.28. The largest absolute Gasteiger partial charge is 0.493 e. The molecule has 0 atom stereocenters. The van der Waals surface area contributed by atoms with E-state index in [-0.39, 0.29) is 5.91 Å². The van der Waals surface area contributed by atoms with Gasteiger partial charge in [-0.3, -0.25) is 4.79 Å². The topological polar surface area (TPSA) is 55.4 Å². The van der Waals surface area contributed by atoms with Gasteiger partial charge in [-0.15, -0.1) is 11.3 Å². The fourth-order valence-electron chi connectivity index (χ4n) is 2.79. The van der Waals surface area contributed by atoms with E-state index in [1.807, 2.05) is 34.5 Å². The third kappa shape index (κ3) is 6.12. The van der Waals surface area contributed by atoms with Gasteiger partial charge in [-0.25, -0.2) is 0 Å². The summed E-state index contributed by atoms with van der Waals surface area (Å²) < 4.78 is 10.7. The summed E-state index contributed by atoms with van der Waals surface area (Å²) in [5, 5.41) is 4.05. The number of carbonyl (C=O) groups excluding carboxylic acids is 1. The summed E-state index contributed by atoms with van der Waals surface area (Å²) in [6.45, 7) is 8.28. The predicted molar refractivity (Wildman–Crippen MR) is 110 cm³/mol. The molecule has 0 unspecified atom stereocenters. The Labute approximate surface area is 165 Å². The van der Waals surface area contributed by atoms with Crippen molar-refractivity contribution in [2.75, 3.05) is 33.9 Å². The predicted octanol–water partition coefficient (Wildman–Crippen LogP) is 2.39. The minimum Gasteiger partial charge on any atom is -0.493 e. The second-order valence-electron chi connectivity index (χ2n) is 6.30. The minimum atomic E-state index is 0.144. The molecule has 0 radical (unpaired) electrons. The first kappa shape index (κ1) is 21.0. The van der Waals surface area contributed by atoms with Gasteiger partial charge in [0.15, 0.2) is 18.0 Å². The smallest absolute Gasteiger partial charge is 0.278 e. The second kappa shape index (κ2) is 10.7. The zero-order chi connectivity index (χ0) is 19.6. The Morgan fingerprint density at radius 3 is 2.67 bits per heavy atom. The van der Waals surface area contributed by atoms with E-state index in [2.05, 4.69) is 24.9 Å². The number of nitrogens with zero attached hydrogens (tertiary/aromatic N) is 1. The number of nitrogens with two attached hydrogens (primary N) is 1. The van der Waals surface area contributed by atoms with Gasteiger partial charge in [0.2, 0.25) is 0 Å². The third-order valence-electron chi connectivity index (χ3n) is 4.43. The summed E-state index contributed by atoms with van der Waals surface area (Å²) in [4.78, 5) is 15.9. The first-order chi connectivity index (χ1) is 13.1. The molecule has 1 heterocycles. The van der Waals surface area contributed by atoms with E-state index in [9.17, 15) is 4.79 Å². The maximum atomic E-state index is 12.7. The molecule has 0 aliphatic rings. The minimum absolute atomic E-state index is 0.144. The Morgan fingerprint density at radius 2 is 2.04 bits per heavy atom. The fourth-order valence-corrected chi connectivity index (χ4v) is 3.71. The molecule has 0 saturated carbocycles. The van der Waals surface area contributed by atoms with E-state index in [1.54, 1.807) is 25.6 Å². The van der Waals surface area contributed by atoms with Gasteiger partial charge in [0.25, 0.3) is 5.91 Å². The Hall–Kier alpha value is -2.31. The highest BCUT2D eigenvalue weighted by molar-refractivity contribution is 7.10. The number of benzene rings is 1. The Bertz CT molecular complexity index is 758. The van der Waals surface area contributed by atoms with Gasteiger partial charge in [0, 0.05) is 11.4 Å². The Kier molecular flexibility index (Phi) is 8.36. The number of methoxy groups -OCH3 is 2. The molecular weight excluding hydrogens is 360 g/mol. The van der Waals surface area contributed by atoms with Crippen LogP contribution in [0.4, 0.5) is 0 Å². The molecular formula is C21H29N2O3S+. The van der Waals surface area contributed by atoms with Gasteiger partial charge in [-0.1, -0.05) is 12.6 Å². The van der Waals surface area contributed by atoms with Crippen LogP contribution in [0.25, 0.3) is 0 Å². The van der Waals surface area contributed by atoms with Crippen LogP contribution in [-0.4, -0.2) is 44.7 Å². The number of aryl methyl sites for hydroxylation is 1. The average Bonchev–Trinajstić information content (AvgIpc) is 3.09. The standard InChI is InChI=1S/C21H28N2O3S/c1-5-10-22-14-21(24)23(15-20-16(2)9-12-27-20)11-8-17-6-7-18(25-3)19(13-17)26-4/h5-7,9,12-13,22H,1,8,10-11,14-15H2,2-4H3/p+1. The van der Waals surface area contributed by atoms with Crippen molar-refractivity contribution >= 4 is 17.2 Å². The van der Waals surface area contributed by atoms with Gasteiger partial charge in [0.05, 0.1) is 27.3 Å². The number of ether oxygens (including phenoxy) is 2. The number of hydrogen-bond acceptors (Lipinski definition) is 4. The van der Waals surface area contributed by atoms with Crippen molar-refractivity contribution in [2.24, 2.45) is 0 Å². The van der Waals surface area contributed by atoms with Crippen molar-refractivity contribution < 1.29 is 19.6 Å². The Balaban J connectivity index is 2.07. The van der Waals surface area contributed by atoms with Crippen molar-refractivity contribution in [1.29, 1.82) is 0 Å². The zero-order valence-electron chi connectivity index (χ0n) is 16.4. The number of rotatable bonds is 11.